The van der Waals surface area contributed by atoms with Gasteiger partial charge in [-0.05, 0) is 55.5 Å². The second-order valence-corrected chi connectivity index (χ2v) is 8.02. The number of anilines is 2. The molecule has 0 saturated carbocycles. The largest absolute Gasteiger partial charge is 0.453 e. The van der Waals surface area contributed by atoms with Crippen molar-refractivity contribution in [2.45, 2.75) is 39.5 Å². The van der Waals surface area contributed by atoms with Crippen molar-refractivity contribution in [3.63, 3.8) is 0 Å². The number of nitrogens with one attached hydrogen (secondary N) is 2. The van der Waals surface area contributed by atoms with E-state index in [9.17, 15) is 19.2 Å². The van der Waals surface area contributed by atoms with E-state index in [4.69, 9.17) is 4.74 Å². The number of rotatable bonds is 6. The van der Waals surface area contributed by atoms with Crippen LogP contribution in [-0.2, 0) is 27.2 Å². The van der Waals surface area contributed by atoms with Gasteiger partial charge in [0.1, 0.15) is 4.88 Å². The van der Waals surface area contributed by atoms with Crippen LogP contribution in [0.25, 0.3) is 0 Å². The Balaban J connectivity index is 1.70. The van der Waals surface area contributed by atoms with Crippen molar-refractivity contribution in [3.05, 3.63) is 45.1 Å². The van der Waals surface area contributed by atoms with Gasteiger partial charge in [-0.1, -0.05) is 0 Å². The Morgan fingerprint density at radius 3 is 2.41 bits per heavy atom. The van der Waals surface area contributed by atoms with Gasteiger partial charge in [-0.25, -0.2) is 4.79 Å². The number of fused-ring (bicyclic) bond motifs is 1. The molecule has 3 rings (SSSR count). The number of amides is 2. The Hall–Kier alpha value is -3.00. The summed E-state index contributed by atoms with van der Waals surface area (Å²) in [6.07, 6.45) is 4.20. The Morgan fingerprint density at radius 1 is 1.00 bits per heavy atom. The van der Waals surface area contributed by atoms with Gasteiger partial charge in [0, 0.05) is 30.0 Å². The molecule has 0 fully saturated rings. The number of esters is 1. The van der Waals surface area contributed by atoms with Crippen LogP contribution in [0.5, 0.6) is 0 Å². The minimum Gasteiger partial charge on any atom is -0.453 e. The highest BCUT2D eigenvalue weighted by Gasteiger charge is 2.20. The molecule has 2 amide bonds. The molecule has 0 radical (unpaired) electrons. The van der Waals surface area contributed by atoms with E-state index in [2.05, 4.69) is 10.6 Å². The molecule has 0 unspecified atom stereocenters. The molecule has 1 heterocycles. The molecule has 8 heteroatoms. The third kappa shape index (κ3) is 5.29. The molecule has 1 aliphatic carbocycles. The van der Waals surface area contributed by atoms with Gasteiger partial charge in [-0.2, -0.15) is 0 Å². The maximum atomic E-state index is 12.6. The molecule has 7 nitrogen and oxygen atoms in total. The van der Waals surface area contributed by atoms with Crippen LogP contribution in [-0.4, -0.2) is 30.2 Å². The monoisotopic (exact) mass is 414 g/mol. The zero-order chi connectivity index (χ0) is 21.0. The minimum atomic E-state index is -0.520. The second kappa shape index (κ2) is 9.00. The number of ketones is 1. The van der Waals surface area contributed by atoms with Gasteiger partial charge in [0.2, 0.25) is 17.6 Å². The number of hydrogen-bond donors (Lipinski definition) is 2. The van der Waals surface area contributed by atoms with Crippen LogP contribution in [0, 0.1) is 0 Å². The average molecular weight is 414 g/mol. The standard InChI is InChI=1S/C21H22N2O5S/c1-12(24)22-15-7-8-16(17(10-15)23-13(2)25)18(26)11-28-21(27)20-9-14-5-3-4-6-19(14)29-20/h7-10H,3-6,11H2,1-2H3,(H,22,24)(H,23,25). The van der Waals surface area contributed by atoms with Gasteiger partial charge < -0.3 is 15.4 Å². The van der Waals surface area contributed by atoms with E-state index in [1.54, 1.807) is 6.07 Å². The number of carbonyl (C=O) groups excluding carboxylic acids is 4. The number of hydrogen-bond acceptors (Lipinski definition) is 6. The lowest BCUT2D eigenvalue weighted by Gasteiger charge is -2.12. The van der Waals surface area contributed by atoms with Crippen molar-refractivity contribution in [2.75, 3.05) is 17.2 Å². The summed E-state index contributed by atoms with van der Waals surface area (Å²) in [4.78, 5) is 49.4. The highest BCUT2D eigenvalue weighted by Crippen LogP contribution is 2.30. The topological polar surface area (TPSA) is 102 Å². The van der Waals surface area contributed by atoms with Crippen molar-refractivity contribution < 1.29 is 23.9 Å². The molecule has 0 saturated heterocycles. The molecule has 1 aromatic heterocycles. The summed E-state index contributed by atoms with van der Waals surface area (Å²) in [5.74, 6) is -1.60. The first-order valence-electron chi connectivity index (χ1n) is 9.34. The molecule has 2 N–H and O–H groups in total. The number of ether oxygens (including phenoxy) is 1. The summed E-state index contributed by atoms with van der Waals surface area (Å²) in [5, 5.41) is 5.17. The van der Waals surface area contributed by atoms with E-state index in [-0.39, 0.29) is 23.1 Å². The molecule has 0 atom stereocenters. The van der Waals surface area contributed by atoms with E-state index in [0.717, 1.165) is 25.7 Å². The average Bonchev–Trinajstić information content (AvgIpc) is 3.09. The van der Waals surface area contributed by atoms with Crippen LogP contribution in [0.15, 0.2) is 24.3 Å². The normalized spacial score (nSPS) is 12.6. The summed E-state index contributed by atoms with van der Waals surface area (Å²) >= 11 is 1.43. The smallest absolute Gasteiger partial charge is 0.348 e. The Morgan fingerprint density at radius 2 is 1.72 bits per heavy atom. The summed E-state index contributed by atoms with van der Waals surface area (Å²) in [7, 11) is 0. The summed E-state index contributed by atoms with van der Waals surface area (Å²) < 4.78 is 5.22. The van der Waals surface area contributed by atoms with Crippen LogP contribution in [0.2, 0.25) is 0 Å². The Labute approximate surface area is 172 Å². The zero-order valence-electron chi connectivity index (χ0n) is 16.3. The molecular weight excluding hydrogens is 392 g/mol. The van der Waals surface area contributed by atoms with Gasteiger partial charge in [0.25, 0.3) is 0 Å². The summed E-state index contributed by atoms with van der Waals surface area (Å²) in [5.41, 5.74) is 2.09. The van der Waals surface area contributed by atoms with Crippen LogP contribution < -0.4 is 10.6 Å². The predicted octanol–water partition coefficient (Wildman–Crippen LogP) is 3.58. The second-order valence-electron chi connectivity index (χ2n) is 6.89. The molecule has 0 bridgehead atoms. The van der Waals surface area contributed by atoms with Gasteiger partial charge in [-0.3, -0.25) is 14.4 Å². The molecule has 29 heavy (non-hydrogen) atoms. The maximum Gasteiger partial charge on any atom is 0.348 e. The number of thiophene rings is 1. The highest BCUT2D eigenvalue weighted by atomic mass is 32.1. The van der Waals surface area contributed by atoms with E-state index >= 15 is 0 Å². The first kappa shape index (κ1) is 20.7. The Kier molecular flexibility index (Phi) is 6.43. The quantitative estimate of drug-likeness (QED) is 0.556. The lowest BCUT2D eigenvalue weighted by atomic mass is 9.99. The van der Waals surface area contributed by atoms with Crippen LogP contribution in [0.4, 0.5) is 11.4 Å². The summed E-state index contributed by atoms with van der Waals surface area (Å²) in [6.45, 7) is 2.24. The minimum absolute atomic E-state index is 0.201. The zero-order valence-corrected chi connectivity index (χ0v) is 17.1. The lowest BCUT2D eigenvalue weighted by molar-refractivity contribution is -0.115. The molecule has 152 valence electrons. The van der Waals surface area contributed by atoms with E-state index < -0.39 is 18.4 Å². The van der Waals surface area contributed by atoms with Gasteiger partial charge >= 0.3 is 5.97 Å². The van der Waals surface area contributed by atoms with Crippen molar-refractivity contribution in [3.8, 4) is 0 Å². The summed E-state index contributed by atoms with van der Waals surface area (Å²) in [6, 6.07) is 6.38. The van der Waals surface area contributed by atoms with Crippen LogP contribution in [0.3, 0.4) is 0 Å². The van der Waals surface area contributed by atoms with Crippen molar-refractivity contribution in [1.29, 1.82) is 0 Å². The predicted molar refractivity (Wildman–Crippen MR) is 111 cm³/mol. The number of aryl methyl sites for hydroxylation is 2. The van der Waals surface area contributed by atoms with Crippen LogP contribution in [0.1, 0.15) is 57.2 Å². The molecule has 1 aromatic carbocycles. The fourth-order valence-electron chi connectivity index (χ4n) is 3.23. The number of benzene rings is 1. The van der Waals surface area contributed by atoms with E-state index in [1.807, 2.05) is 6.07 Å². The maximum absolute atomic E-state index is 12.6. The van der Waals surface area contributed by atoms with Crippen molar-refractivity contribution >= 4 is 46.3 Å². The molecule has 1 aliphatic rings. The SMILES string of the molecule is CC(=O)Nc1ccc(C(=O)COC(=O)c2cc3c(s2)CCCC3)c(NC(C)=O)c1. The first-order valence-corrected chi connectivity index (χ1v) is 10.2. The molecular formula is C21H22N2O5S. The fourth-order valence-corrected chi connectivity index (χ4v) is 4.38. The molecule has 0 aliphatic heterocycles. The van der Waals surface area contributed by atoms with Gasteiger partial charge in [0.05, 0.1) is 5.69 Å². The molecule has 0 spiro atoms. The van der Waals surface area contributed by atoms with Crippen LogP contribution >= 0.6 is 11.3 Å². The lowest BCUT2D eigenvalue weighted by Crippen LogP contribution is -2.17. The van der Waals surface area contributed by atoms with Crippen molar-refractivity contribution in [2.24, 2.45) is 0 Å². The number of Topliss-reactive ketones (excluding diaryl/α,β-unsaturated/α-hetero) is 1. The third-order valence-electron chi connectivity index (χ3n) is 4.48. The highest BCUT2D eigenvalue weighted by molar-refractivity contribution is 7.14. The Bertz CT molecular complexity index is 956. The van der Waals surface area contributed by atoms with E-state index in [1.165, 1.54) is 47.8 Å². The van der Waals surface area contributed by atoms with Gasteiger partial charge in [-0.15, -0.1) is 11.3 Å². The fraction of sp³-hybridized carbons (Fsp3) is 0.333. The van der Waals surface area contributed by atoms with Gasteiger partial charge in [0.15, 0.2) is 6.61 Å². The van der Waals surface area contributed by atoms with Crippen molar-refractivity contribution in [1.82, 2.24) is 0 Å². The first-order chi connectivity index (χ1) is 13.8. The molecule has 2 aromatic rings. The number of carbonyl (C=O) groups is 4. The van der Waals surface area contributed by atoms with E-state index in [0.29, 0.717) is 10.6 Å². The third-order valence-corrected chi connectivity index (χ3v) is 5.70.